The molecular formula is C31H41N5O5. The second-order valence-electron chi connectivity index (χ2n) is 12.6. The van der Waals surface area contributed by atoms with Crippen LogP contribution in [-0.2, 0) is 14.4 Å². The van der Waals surface area contributed by atoms with Crippen molar-refractivity contribution < 1.29 is 19.5 Å². The maximum absolute atomic E-state index is 14.2. The zero-order valence-corrected chi connectivity index (χ0v) is 23.6. The van der Waals surface area contributed by atoms with E-state index in [1.54, 1.807) is 0 Å². The number of nitrogens with two attached hydrogens (primary N) is 1. The van der Waals surface area contributed by atoms with Crippen LogP contribution in [0.2, 0.25) is 0 Å². The number of carboxylic acid groups (broad SMARTS) is 1. The average Bonchev–Trinajstić information content (AvgIpc) is 2.93. The molecular weight excluding hydrogens is 522 g/mol. The minimum atomic E-state index is -1.19. The molecule has 4 bridgehead atoms. The molecule has 3 heterocycles. The Balaban J connectivity index is 1.34. The average molecular weight is 564 g/mol. The third-order valence-corrected chi connectivity index (χ3v) is 9.93. The van der Waals surface area contributed by atoms with Gasteiger partial charge in [-0.25, -0.2) is 9.78 Å². The number of rotatable bonds is 9. The fourth-order valence-electron chi connectivity index (χ4n) is 8.45. The monoisotopic (exact) mass is 563 g/mol. The second kappa shape index (κ2) is 11.9. The Morgan fingerprint density at radius 2 is 1.61 bits per heavy atom. The Kier molecular flexibility index (Phi) is 8.10. The summed E-state index contributed by atoms with van der Waals surface area (Å²) in [5.74, 6) is 0.0133. The molecule has 1 aromatic carbocycles. The SMILES string of the molecule is NC(=O)CC/C(=N\OCC(=O)O)c1nc2ccccc2n(C2C[C@H]3CCC[C@@H](C2)N3C2C[C@H]3CCC[C@@H](C2)C3)c1=O. The van der Waals surface area contributed by atoms with Gasteiger partial charge in [0.25, 0.3) is 5.56 Å². The summed E-state index contributed by atoms with van der Waals surface area (Å²) in [5, 5.41) is 13.0. The number of oxime groups is 1. The fourth-order valence-corrected chi connectivity index (χ4v) is 8.45. The number of para-hydroxylation sites is 2. The van der Waals surface area contributed by atoms with Gasteiger partial charge in [-0.3, -0.25) is 14.5 Å². The Labute approximate surface area is 239 Å². The quantitative estimate of drug-likeness (QED) is 0.347. The first-order valence-corrected chi connectivity index (χ1v) is 15.4. The van der Waals surface area contributed by atoms with Gasteiger partial charge < -0.3 is 20.2 Å². The highest BCUT2D eigenvalue weighted by Crippen LogP contribution is 2.47. The molecule has 2 aliphatic heterocycles. The van der Waals surface area contributed by atoms with Crippen molar-refractivity contribution in [3.05, 3.63) is 40.3 Å². The molecule has 4 fully saturated rings. The summed E-state index contributed by atoms with van der Waals surface area (Å²) in [6, 6.07) is 9.22. The number of nitrogens with zero attached hydrogens (tertiary/aromatic N) is 4. The molecule has 41 heavy (non-hydrogen) atoms. The van der Waals surface area contributed by atoms with Gasteiger partial charge in [-0.15, -0.1) is 0 Å². The van der Waals surface area contributed by atoms with Gasteiger partial charge >= 0.3 is 5.97 Å². The van der Waals surface area contributed by atoms with Crippen LogP contribution in [-0.4, -0.2) is 61.9 Å². The number of hydrogen-bond acceptors (Lipinski definition) is 7. The maximum atomic E-state index is 14.2. The van der Waals surface area contributed by atoms with Crippen LogP contribution in [0.5, 0.6) is 0 Å². The maximum Gasteiger partial charge on any atom is 0.344 e. The van der Waals surface area contributed by atoms with E-state index in [-0.39, 0.29) is 35.8 Å². The third kappa shape index (κ3) is 5.89. The Morgan fingerprint density at radius 3 is 2.29 bits per heavy atom. The summed E-state index contributed by atoms with van der Waals surface area (Å²) in [7, 11) is 0. The van der Waals surface area contributed by atoms with E-state index in [9.17, 15) is 14.4 Å². The number of hydrogen-bond donors (Lipinski definition) is 2. The van der Waals surface area contributed by atoms with Crippen LogP contribution < -0.4 is 11.3 Å². The van der Waals surface area contributed by atoms with Gasteiger partial charge in [-0.2, -0.15) is 0 Å². The number of fused-ring (bicyclic) bond motifs is 5. The van der Waals surface area contributed by atoms with Gasteiger partial charge in [-0.05, 0) is 68.9 Å². The zero-order valence-electron chi connectivity index (χ0n) is 23.6. The third-order valence-electron chi connectivity index (χ3n) is 9.93. The molecule has 6 rings (SSSR count). The normalized spacial score (nSPS) is 30.2. The molecule has 2 unspecified atom stereocenters. The lowest BCUT2D eigenvalue weighted by Crippen LogP contribution is -2.58. The van der Waals surface area contributed by atoms with E-state index < -0.39 is 18.5 Å². The Bertz CT molecular complexity index is 1360. The van der Waals surface area contributed by atoms with Gasteiger partial charge in [0.05, 0.1) is 11.0 Å². The highest BCUT2D eigenvalue weighted by atomic mass is 16.6. The van der Waals surface area contributed by atoms with Gasteiger partial charge in [0.2, 0.25) is 12.5 Å². The summed E-state index contributed by atoms with van der Waals surface area (Å²) in [5.41, 5.74) is 6.77. The molecule has 4 aliphatic rings. The summed E-state index contributed by atoms with van der Waals surface area (Å²) in [6.07, 6.45) is 13.6. The molecule has 2 aliphatic carbocycles. The number of benzene rings is 1. The van der Waals surface area contributed by atoms with Crippen molar-refractivity contribution in [3.8, 4) is 0 Å². The van der Waals surface area contributed by atoms with Crippen molar-refractivity contribution in [2.75, 3.05) is 6.61 Å². The van der Waals surface area contributed by atoms with Crippen LogP contribution in [0.1, 0.15) is 95.2 Å². The van der Waals surface area contributed by atoms with Crippen LogP contribution in [0.15, 0.2) is 34.2 Å². The van der Waals surface area contributed by atoms with Crippen LogP contribution in [0.4, 0.5) is 0 Å². The summed E-state index contributed by atoms with van der Waals surface area (Å²) in [4.78, 5) is 49.4. The smallest absolute Gasteiger partial charge is 0.344 e. The number of aromatic nitrogens is 2. The second-order valence-corrected chi connectivity index (χ2v) is 12.6. The molecule has 1 aromatic heterocycles. The highest BCUT2D eigenvalue weighted by molar-refractivity contribution is 6.01. The van der Waals surface area contributed by atoms with Crippen molar-refractivity contribution in [2.24, 2.45) is 22.7 Å². The van der Waals surface area contributed by atoms with Crippen molar-refractivity contribution in [3.63, 3.8) is 0 Å². The molecule has 2 saturated carbocycles. The van der Waals surface area contributed by atoms with Gasteiger partial charge in [0.1, 0.15) is 5.71 Å². The summed E-state index contributed by atoms with van der Waals surface area (Å²) in [6.45, 7) is -0.660. The predicted molar refractivity (Wildman–Crippen MR) is 155 cm³/mol. The van der Waals surface area contributed by atoms with E-state index in [1.807, 2.05) is 28.8 Å². The molecule has 0 radical (unpaired) electrons. The van der Waals surface area contributed by atoms with Crippen molar-refractivity contribution in [1.82, 2.24) is 14.5 Å². The number of primary amides is 1. The van der Waals surface area contributed by atoms with Crippen LogP contribution >= 0.6 is 0 Å². The molecule has 10 nitrogen and oxygen atoms in total. The van der Waals surface area contributed by atoms with Gasteiger partial charge in [0.15, 0.2) is 5.69 Å². The minimum absolute atomic E-state index is 0.0149. The molecule has 1 amide bonds. The molecule has 2 saturated heterocycles. The van der Waals surface area contributed by atoms with E-state index >= 15 is 0 Å². The fraction of sp³-hybridized carbons (Fsp3) is 0.645. The van der Waals surface area contributed by atoms with Crippen LogP contribution in [0.25, 0.3) is 11.0 Å². The van der Waals surface area contributed by atoms with Crippen LogP contribution in [0, 0.1) is 11.8 Å². The number of carboxylic acids is 1. The minimum Gasteiger partial charge on any atom is -0.479 e. The van der Waals surface area contributed by atoms with Crippen molar-refractivity contribution >= 4 is 28.6 Å². The predicted octanol–water partition coefficient (Wildman–Crippen LogP) is 3.99. The highest BCUT2D eigenvalue weighted by Gasteiger charge is 2.45. The molecule has 6 atom stereocenters. The first-order valence-electron chi connectivity index (χ1n) is 15.4. The number of carbonyl (C=O) groups excluding carboxylic acids is 1. The molecule has 3 N–H and O–H groups in total. The standard InChI is InChI=1S/C31H41N5O5/c32-28(37)12-11-26(34-41-18-29(38)39)30-31(40)36(27-10-2-1-9-25(27)33-30)24-16-21-7-4-8-22(17-24)35(21)23-14-19-5-3-6-20(13-19)15-23/h1-2,9-10,19-24H,3-8,11-18H2,(H2,32,37)(H,38,39)/b34-26+/t19-,20+,21-,22+,23?,24?. The van der Waals surface area contributed by atoms with E-state index in [0.29, 0.717) is 23.6 Å². The topological polar surface area (TPSA) is 140 Å². The van der Waals surface area contributed by atoms with E-state index in [0.717, 1.165) is 43.0 Å². The molecule has 0 spiro atoms. The first-order chi connectivity index (χ1) is 19.9. The lowest BCUT2D eigenvalue weighted by molar-refractivity contribution is -0.142. The van der Waals surface area contributed by atoms with E-state index in [2.05, 4.69) is 15.0 Å². The van der Waals surface area contributed by atoms with Gasteiger partial charge in [0, 0.05) is 37.0 Å². The molecule has 2 aromatic rings. The molecule has 220 valence electrons. The largest absolute Gasteiger partial charge is 0.479 e. The number of piperidine rings is 2. The Morgan fingerprint density at radius 1 is 0.927 bits per heavy atom. The summed E-state index contributed by atoms with van der Waals surface area (Å²) < 4.78 is 1.90. The van der Waals surface area contributed by atoms with Crippen LogP contribution in [0.3, 0.4) is 0 Å². The Hall–Kier alpha value is -3.27. The van der Waals surface area contributed by atoms with Crippen molar-refractivity contribution in [1.29, 1.82) is 0 Å². The van der Waals surface area contributed by atoms with E-state index in [4.69, 9.17) is 15.7 Å². The lowest BCUT2D eigenvalue weighted by atomic mass is 9.68. The summed E-state index contributed by atoms with van der Waals surface area (Å²) >= 11 is 0. The number of amides is 1. The number of aliphatic carboxylic acids is 1. The molecule has 10 heteroatoms. The number of carbonyl (C=O) groups is 2. The zero-order chi connectivity index (χ0) is 28.5. The lowest BCUT2D eigenvalue weighted by Gasteiger charge is -2.55. The van der Waals surface area contributed by atoms with Crippen molar-refractivity contribution in [2.45, 2.75) is 108 Å². The first kappa shape index (κ1) is 27.9. The van der Waals surface area contributed by atoms with Gasteiger partial charge in [-0.1, -0.05) is 43.0 Å². The van der Waals surface area contributed by atoms with E-state index in [1.165, 1.54) is 44.9 Å².